The Morgan fingerprint density at radius 1 is 1.21 bits per heavy atom. The average Bonchev–Trinajstić information content (AvgIpc) is 3.11. The second kappa shape index (κ2) is 8.46. The van der Waals surface area contributed by atoms with E-state index in [2.05, 4.69) is 5.10 Å². The molecule has 146 valence electrons. The Hall–Kier alpha value is -2.83. The van der Waals surface area contributed by atoms with Crippen molar-refractivity contribution in [3.63, 3.8) is 0 Å². The number of aliphatic hydroxyl groups is 1. The Kier molecular flexibility index (Phi) is 6.02. The highest BCUT2D eigenvalue weighted by molar-refractivity contribution is 6.30. The van der Waals surface area contributed by atoms with Crippen LogP contribution in [0, 0.1) is 0 Å². The number of ether oxygens (including phenoxy) is 1. The van der Waals surface area contributed by atoms with Crippen LogP contribution in [-0.4, -0.2) is 39.2 Å². The van der Waals surface area contributed by atoms with Crippen molar-refractivity contribution in [1.29, 1.82) is 0 Å². The predicted octanol–water partition coefficient (Wildman–Crippen LogP) is 4.35. The number of carbonyl (C=O) groups is 1. The standard InChI is InChI=1S/C21H21ClN2O4/c1-3-16(25)12-24-19(13-4-7-15(22)8-5-13)11-18(23-24)17-10-14(21(26)27)6-9-20(17)28-2/h4-11,16,25H,3,12H2,1-2H3,(H,26,27)/t16-/m0/s1. The van der Waals surface area contributed by atoms with Gasteiger partial charge >= 0.3 is 5.97 Å². The Bertz CT molecular complexity index is 983. The zero-order valence-electron chi connectivity index (χ0n) is 15.6. The lowest BCUT2D eigenvalue weighted by Crippen LogP contribution is -2.16. The van der Waals surface area contributed by atoms with Gasteiger partial charge in [-0.2, -0.15) is 5.10 Å². The van der Waals surface area contributed by atoms with Gasteiger partial charge in [0, 0.05) is 10.6 Å². The van der Waals surface area contributed by atoms with E-state index >= 15 is 0 Å². The van der Waals surface area contributed by atoms with E-state index in [1.165, 1.54) is 19.2 Å². The van der Waals surface area contributed by atoms with Crippen molar-refractivity contribution < 1.29 is 19.7 Å². The molecular formula is C21H21ClN2O4. The summed E-state index contributed by atoms with van der Waals surface area (Å²) in [5.41, 5.74) is 2.96. The summed E-state index contributed by atoms with van der Waals surface area (Å²) in [6, 6.07) is 13.8. The normalized spacial score (nSPS) is 12.0. The van der Waals surface area contributed by atoms with Crippen molar-refractivity contribution in [3.05, 3.63) is 59.1 Å². The van der Waals surface area contributed by atoms with Gasteiger partial charge in [0.25, 0.3) is 0 Å². The van der Waals surface area contributed by atoms with Crippen molar-refractivity contribution in [1.82, 2.24) is 9.78 Å². The highest BCUT2D eigenvalue weighted by Gasteiger charge is 2.18. The molecule has 2 N–H and O–H groups in total. The number of hydrogen-bond acceptors (Lipinski definition) is 4. The lowest BCUT2D eigenvalue weighted by Gasteiger charge is -2.11. The van der Waals surface area contributed by atoms with E-state index in [4.69, 9.17) is 16.3 Å². The van der Waals surface area contributed by atoms with Gasteiger partial charge in [0.2, 0.25) is 0 Å². The van der Waals surface area contributed by atoms with Crippen molar-refractivity contribution in [2.45, 2.75) is 26.0 Å². The molecule has 0 saturated heterocycles. The first-order chi connectivity index (χ1) is 13.4. The van der Waals surface area contributed by atoms with Crippen molar-refractivity contribution in [2.24, 2.45) is 0 Å². The minimum Gasteiger partial charge on any atom is -0.496 e. The summed E-state index contributed by atoms with van der Waals surface area (Å²) in [7, 11) is 1.53. The maximum Gasteiger partial charge on any atom is 0.335 e. The number of carboxylic acid groups (broad SMARTS) is 1. The molecule has 0 fully saturated rings. The Morgan fingerprint density at radius 2 is 1.93 bits per heavy atom. The molecule has 3 rings (SSSR count). The summed E-state index contributed by atoms with van der Waals surface area (Å²) in [4.78, 5) is 11.4. The fourth-order valence-electron chi connectivity index (χ4n) is 2.91. The van der Waals surface area contributed by atoms with Crippen LogP contribution in [-0.2, 0) is 6.54 Å². The van der Waals surface area contributed by atoms with E-state index in [1.807, 2.05) is 25.1 Å². The van der Waals surface area contributed by atoms with Crippen LogP contribution in [0.15, 0.2) is 48.5 Å². The maximum atomic E-state index is 11.4. The van der Waals surface area contributed by atoms with E-state index in [-0.39, 0.29) is 5.56 Å². The van der Waals surface area contributed by atoms with Gasteiger partial charge in [0.05, 0.1) is 36.7 Å². The van der Waals surface area contributed by atoms with Crippen molar-refractivity contribution >= 4 is 17.6 Å². The molecule has 28 heavy (non-hydrogen) atoms. The zero-order chi connectivity index (χ0) is 20.3. The van der Waals surface area contributed by atoms with Crippen LogP contribution in [0.25, 0.3) is 22.5 Å². The molecule has 0 aliphatic heterocycles. The first-order valence-electron chi connectivity index (χ1n) is 8.86. The number of nitrogens with zero attached hydrogens (tertiary/aromatic N) is 2. The molecule has 0 aliphatic carbocycles. The highest BCUT2D eigenvalue weighted by Crippen LogP contribution is 2.33. The molecule has 1 atom stereocenters. The molecule has 0 bridgehead atoms. The number of rotatable bonds is 7. The van der Waals surface area contributed by atoms with Gasteiger partial charge in [0.15, 0.2) is 0 Å². The van der Waals surface area contributed by atoms with Crippen molar-refractivity contribution in [2.75, 3.05) is 7.11 Å². The molecule has 0 aliphatic rings. The van der Waals surface area contributed by atoms with Gasteiger partial charge < -0.3 is 14.9 Å². The molecule has 2 aromatic carbocycles. The second-order valence-corrected chi connectivity index (χ2v) is 6.82. The fourth-order valence-corrected chi connectivity index (χ4v) is 3.04. The monoisotopic (exact) mass is 400 g/mol. The third-order valence-electron chi connectivity index (χ3n) is 4.50. The highest BCUT2D eigenvalue weighted by atomic mass is 35.5. The summed E-state index contributed by atoms with van der Waals surface area (Å²) in [5, 5.41) is 24.7. The first-order valence-corrected chi connectivity index (χ1v) is 9.24. The Morgan fingerprint density at radius 3 is 2.54 bits per heavy atom. The minimum atomic E-state index is -1.03. The number of benzene rings is 2. The number of carboxylic acids is 1. The molecule has 6 nitrogen and oxygen atoms in total. The number of aromatic nitrogens is 2. The van der Waals surface area contributed by atoms with Crippen LogP contribution in [0.3, 0.4) is 0 Å². The number of halogens is 1. The van der Waals surface area contributed by atoms with E-state index < -0.39 is 12.1 Å². The van der Waals surface area contributed by atoms with Crippen LogP contribution in [0.1, 0.15) is 23.7 Å². The maximum absolute atomic E-state index is 11.4. The lowest BCUT2D eigenvalue weighted by molar-refractivity contribution is 0.0697. The molecule has 0 unspecified atom stereocenters. The molecule has 1 heterocycles. The van der Waals surface area contributed by atoms with E-state index in [9.17, 15) is 15.0 Å². The Labute approximate surface area is 168 Å². The lowest BCUT2D eigenvalue weighted by atomic mass is 10.1. The smallest absolute Gasteiger partial charge is 0.335 e. The van der Waals surface area contributed by atoms with Gasteiger partial charge in [0.1, 0.15) is 5.75 Å². The molecule has 3 aromatic rings. The molecular weight excluding hydrogens is 380 g/mol. The van der Waals surface area contributed by atoms with Crippen LogP contribution >= 0.6 is 11.6 Å². The summed E-state index contributed by atoms with van der Waals surface area (Å²) in [6.07, 6.45) is 0.0404. The van der Waals surface area contributed by atoms with E-state index in [1.54, 1.807) is 22.9 Å². The van der Waals surface area contributed by atoms with Crippen LogP contribution in [0.2, 0.25) is 5.02 Å². The van der Waals surface area contributed by atoms with Gasteiger partial charge in [-0.05, 0) is 48.4 Å². The van der Waals surface area contributed by atoms with Crippen LogP contribution in [0.5, 0.6) is 5.75 Å². The number of aliphatic hydroxyl groups excluding tert-OH is 1. The Balaban J connectivity index is 2.15. The van der Waals surface area contributed by atoms with Gasteiger partial charge in [-0.1, -0.05) is 30.7 Å². The quantitative estimate of drug-likeness (QED) is 0.616. The fraction of sp³-hybridized carbons (Fsp3) is 0.238. The van der Waals surface area contributed by atoms with Gasteiger partial charge in [-0.25, -0.2) is 4.79 Å². The SMILES string of the molecule is CC[C@H](O)Cn1nc(-c2cc(C(=O)O)ccc2OC)cc1-c1ccc(Cl)cc1. The summed E-state index contributed by atoms with van der Waals surface area (Å²) in [5.74, 6) is -0.504. The molecule has 1 aromatic heterocycles. The van der Waals surface area contributed by atoms with Gasteiger partial charge in [-0.15, -0.1) is 0 Å². The molecule has 0 spiro atoms. The third-order valence-corrected chi connectivity index (χ3v) is 4.75. The molecule has 7 heteroatoms. The zero-order valence-corrected chi connectivity index (χ0v) is 16.3. The number of hydrogen-bond donors (Lipinski definition) is 2. The molecule has 0 radical (unpaired) electrons. The summed E-state index contributed by atoms with van der Waals surface area (Å²) >= 11 is 6.00. The van der Waals surface area contributed by atoms with E-state index in [0.717, 1.165) is 11.3 Å². The third kappa shape index (κ3) is 4.18. The number of aromatic carboxylic acids is 1. The topological polar surface area (TPSA) is 84.6 Å². The van der Waals surface area contributed by atoms with Crippen LogP contribution < -0.4 is 4.74 Å². The summed E-state index contributed by atoms with van der Waals surface area (Å²) < 4.78 is 7.12. The number of methoxy groups -OCH3 is 1. The van der Waals surface area contributed by atoms with E-state index in [0.29, 0.717) is 35.0 Å². The van der Waals surface area contributed by atoms with Crippen molar-refractivity contribution in [3.8, 4) is 28.3 Å². The minimum absolute atomic E-state index is 0.145. The van der Waals surface area contributed by atoms with Gasteiger partial charge in [-0.3, -0.25) is 4.68 Å². The molecule has 0 saturated carbocycles. The van der Waals surface area contributed by atoms with Crippen LogP contribution in [0.4, 0.5) is 0 Å². The summed E-state index contributed by atoms with van der Waals surface area (Å²) in [6.45, 7) is 2.21. The second-order valence-electron chi connectivity index (χ2n) is 6.39. The largest absolute Gasteiger partial charge is 0.496 e. The first kappa shape index (κ1) is 19.9. The average molecular weight is 401 g/mol. The molecule has 0 amide bonds. The predicted molar refractivity (Wildman–Crippen MR) is 108 cm³/mol.